The molecule has 0 unspecified atom stereocenters. The number of carbonyl (C=O) groups is 2. The van der Waals surface area contributed by atoms with Crippen molar-refractivity contribution < 1.29 is 14.5 Å². The first kappa shape index (κ1) is 20.1. The van der Waals surface area contributed by atoms with Crippen LogP contribution in [0.5, 0.6) is 0 Å². The van der Waals surface area contributed by atoms with Crippen LogP contribution in [0, 0.1) is 10.1 Å². The molecular formula is C20H23N5O4. The highest BCUT2D eigenvalue weighted by Crippen LogP contribution is 2.28. The molecule has 1 heterocycles. The second kappa shape index (κ2) is 9.54. The molecule has 0 radical (unpaired) electrons. The number of nitrogens with zero attached hydrogens (tertiary/aromatic N) is 3. The summed E-state index contributed by atoms with van der Waals surface area (Å²) in [4.78, 5) is 38.7. The summed E-state index contributed by atoms with van der Waals surface area (Å²) in [5.74, 6) is -0.182. The van der Waals surface area contributed by atoms with Gasteiger partial charge in [-0.05, 0) is 18.2 Å². The Morgan fingerprint density at radius 2 is 1.52 bits per heavy atom. The SMILES string of the molecule is O=C(NCCNC(=O)N1CCN(c2ccccc2[N+](=O)[O-])CC1)c1ccccc1. The minimum absolute atomic E-state index is 0.0690. The zero-order valence-electron chi connectivity index (χ0n) is 15.9. The highest BCUT2D eigenvalue weighted by molar-refractivity contribution is 5.94. The first-order chi connectivity index (χ1) is 14.1. The quantitative estimate of drug-likeness (QED) is 0.439. The summed E-state index contributed by atoms with van der Waals surface area (Å²) < 4.78 is 0. The Kier molecular flexibility index (Phi) is 6.62. The van der Waals surface area contributed by atoms with Crippen LogP contribution in [0.25, 0.3) is 0 Å². The van der Waals surface area contributed by atoms with E-state index >= 15 is 0 Å². The van der Waals surface area contributed by atoms with Gasteiger partial charge in [-0.1, -0.05) is 30.3 Å². The Morgan fingerprint density at radius 1 is 0.897 bits per heavy atom. The maximum Gasteiger partial charge on any atom is 0.317 e. The zero-order chi connectivity index (χ0) is 20.6. The number of piperazine rings is 1. The molecule has 1 saturated heterocycles. The summed E-state index contributed by atoms with van der Waals surface area (Å²) in [6.45, 7) is 2.62. The molecule has 0 atom stereocenters. The van der Waals surface area contributed by atoms with Gasteiger partial charge in [-0.15, -0.1) is 0 Å². The normalized spacial score (nSPS) is 13.7. The largest absolute Gasteiger partial charge is 0.362 e. The topological polar surface area (TPSA) is 108 Å². The van der Waals surface area contributed by atoms with Gasteiger partial charge < -0.3 is 20.4 Å². The van der Waals surface area contributed by atoms with Gasteiger partial charge in [-0.25, -0.2) is 4.79 Å². The summed E-state index contributed by atoms with van der Waals surface area (Å²) in [6.07, 6.45) is 0. The van der Waals surface area contributed by atoms with Crippen molar-refractivity contribution in [2.24, 2.45) is 0 Å². The van der Waals surface area contributed by atoms with Crippen molar-refractivity contribution >= 4 is 23.3 Å². The number of amides is 3. The van der Waals surface area contributed by atoms with Crippen molar-refractivity contribution in [3.05, 3.63) is 70.3 Å². The predicted octanol–water partition coefficient (Wildman–Crippen LogP) is 1.86. The number of benzene rings is 2. The van der Waals surface area contributed by atoms with E-state index in [0.29, 0.717) is 50.5 Å². The van der Waals surface area contributed by atoms with Gasteiger partial charge in [0.2, 0.25) is 0 Å². The van der Waals surface area contributed by atoms with Crippen molar-refractivity contribution in [1.29, 1.82) is 0 Å². The number of nitro benzene ring substituents is 1. The second-order valence-corrected chi connectivity index (χ2v) is 6.57. The minimum Gasteiger partial charge on any atom is -0.362 e. The third kappa shape index (κ3) is 5.22. The lowest BCUT2D eigenvalue weighted by atomic mass is 10.2. The average molecular weight is 397 g/mol. The van der Waals surface area contributed by atoms with Gasteiger partial charge in [0, 0.05) is 50.9 Å². The molecule has 9 nitrogen and oxygen atoms in total. The van der Waals surface area contributed by atoms with Crippen molar-refractivity contribution in [3.63, 3.8) is 0 Å². The maximum atomic E-state index is 12.3. The molecular weight excluding hydrogens is 374 g/mol. The van der Waals surface area contributed by atoms with E-state index in [4.69, 9.17) is 0 Å². The number of hydrogen-bond donors (Lipinski definition) is 2. The monoisotopic (exact) mass is 397 g/mol. The molecule has 0 aromatic heterocycles. The molecule has 9 heteroatoms. The van der Waals surface area contributed by atoms with E-state index in [0.717, 1.165) is 0 Å². The first-order valence-electron chi connectivity index (χ1n) is 9.40. The van der Waals surface area contributed by atoms with Gasteiger partial charge in [-0.3, -0.25) is 14.9 Å². The molecule has 0 spiro atoms. The minimum atomic E-state index is -0.391. The van der Waals surface area contributed by atoms with E-state index in [1.54, 1.807) is 47.4 Å². The molecule has 0 bridgehead atoms. The second-order valence-electron chi connectivity index (χ2n) is 6.57. The van der Waals surface area contributed by atoms with Gasteiger partial charge in [0.15, 0.2) is 0 Å². The fourth-order valence-corrected chi connectivity index (χ4v) is 3.19. The van der Waals surface area contributed by atoms with Crippen molar-refractivity contribution in [2.75, 3.05) is 44.2 Å². The number of urea groups is 1. The summed E-state index contributed by atoms with van der Waals surface area (Å²) >= 11 is 0. The van der Waals surface area contributed by atoms with E-state index in [-0.39, 0.29) is 17.6 Å². The molecule has 0 aliphatic carbocycles. The van der Waals surface area contributed by atoms with Crippen LogP contribution >= 0.6 is 0 Å². The van der Waals surface area contributed by atoms with Crippen LogP contribution in [-0.4, -0.2) is 61.0 Å². The van der Waals surface area contributed by atoms with Crippen LogP contribution in [-0.2, 0) is 0 Å². The molecule has 3 amide bonds. The fraction of sp³-hybridized carbons (Fsp3) is 0.300. The van der Waals surface area contributed by atoms with Crippen LogP contribution in [0.2, 0.25) is 0 Å². The third-order valence-corrected chi connectivity index (χ3v) is 4.71. The molecule has 2 aromatic carbocycles. The van der Waals surface area contributed by atoms with Crippen LogP contribution < -0.4 is 15.5 Å². The zero-order valence-corrected chi connectivity index (χ0v) is 15.9. The molecule has 1 aliphatic heterocycles. The number of nitro groups is 1. The number of para-hydroxylation sites is 2. The number of nitrogens with one attached hydrogen (secondary N) is 2. The van der Waals surface area contributed by atoms with Gasteiger partial charge in [0.1, 0.15) is 5.69 Å². The maximum absolute atomic E-state index is 12.3. The summed E-state index contributed by atoms with van der Waals surface area (Å²) in [7, 11) is 0. The fourth-order valence-electron chi connectivity index (χ4n) is 3.19. The summed E-state index contributed by atoms with van der Waals surface area (Å²) in [5.41, 5.74) is 1.21. The Bertz CT molecular complexity index is 866. The molecule has 152 valence electrons. The number of rotatable bonds is 6. The van der Waals surface area contributed by atoms with Crippen molar-refractivity contribution in [1.82, 2.24) is 15.5 Å². The Labute approximate surface area is 168 Å². The van der Waals surface area contributed by atoms with E-state index < -0.39 is 4.92 Å². The highest BCUT2D eigenvalue weighted by atomic mass is 16.6. The first-order valence-corrected chi connectivity index (χ1v) is 9.40. The van der Waals surface area contributed by atoms with E-state index in [1.807, 2.05) is 11.0 Å². The number of carbonyl (C=O) groups excluding carboxylic acids is 2. The summed E-state index contributed by atoms with van der Waals surface area (Å²) in [6, 6.07) is 15.3. The molecule has 1 aliphatic rings. The van der Waals surface area contributed by atoms with Crippen LogP contribution in [0.3, 0.4) is 0 Å². The van der Waals surface area contributed by atoms with Gasteiger partial charge in [0.05, 0.1) is 4.92 Å². The Morgan fingerprint density at radius 3 is 2.21 bits per heavy atom. The van der Waals surface area contributed by atoms with Crippen molar-refractivity contribution in [3.8, 4) is 0 Å². The summed E-state index contributed by atoms with van der Waals surface area (Å²) in [5, 5.41) is 16.7. The molecule has 0 saturated carbocycles. The highest BCUT2D eigenvalue weighted by Gasteiger charge is 2.25. The Balaban J connectivity index is 1.41. The van der Waals surface area contributed by atoms with E-state index in [9.17, 15) is 19.7 Å². The van der Waals surface area contributed by atoms with Crippen LogP contribution in [0.1, 0.15) is 10.4 Å². The number of hydrogen-bond acceptors (Lipinski definition) is 5. The van der Waals surface area contributed by atoms with Crippen LogP contribution in [0.4, 0.5) is 16.2 Å². The predicted molar refractivity (Wildman–Crippen MR) is 109 cm³/mol. The lowest BCUT2D eigenvalue weighted by molar-refractivity contribution is -0.384. The molecule has 29 heavy (non-hydrogen) atoms. The van der Waals surface area contributed by atoms with Crippen molar-refractivity contribution in [2.45, 2.75) is 0 Å². The molecule has 2 N–H and O–H groups in total. The van der Waals surface area contributed by atoms with E-state index in [1.165, 1.54) is 6.07 Å². The molecule has 2 aromatic rings. The van der Waals surface area contributed by atoms with Crippen LogP contribution in [0.15, 0.2) is 54.6 Å². The third-order valence-electron chi connectivity index (χ3n) is 4.71. The van der Waals surface area contributed by atoms with Gasteiger partial charge in [-0.2, -0.15) is 0 Å². The number of anilines is 1. The lowest BCUT2D eigenvalue weighted by Crippen LogP contribution is -2.52. The average Bonchev–Trinajstić information content (AvgIpc) is 2.77. The Hall–Kier alpha value is -3.62. The molecule has 1 fully saturated rings. The lowest BCUT2D eigenvalue weighted by Gasteiger charge is -2.35. The van der Waals surface area contributed by atoms with Gasteiger partial charge in [0.25, 0.3) is 11.6 Å². The van der Waals surface area contributed by atoms with Gasteiger partial charge >= 0.3 is 6.03 Å². The standard InChI is InChI=1S/C20H23N5O4/c26-19(16-6-2-1-3-7-16)21-10-11-22-20(27)24-14-12-23(13-15-24)17-8-4-5-9-18(17)25(28)29/h1-9H,10-15H2,(H,21,26)(H,22,27). The van der Waals surface area contributed by atoms with E-state index in [2.05, 4.69) is 10.6 Å². The molecule has 3 rings (SSSR count). The smallest absolute Gasteiger partial charge is 0.317 e.